The van der Waals surface area contributed by atoms with E-state index in [2.05, 4.69) is 10.6 Å². The fourth-order valence-electron chi connectivity index (χ4n) is 1.42. The van der Waals surface area contributed by atoms with E-state index < -0.39 is 5.91 Å². The van der Waals surface area contributed by atoms with E-state index in [9.17, 15) is 14.7 Å². The Morgan fingerprint density at radius 3 is 2.50 bits per heavy atom. The highest BCUT2D eigenvalue weighted by molar-refractivity contribution is 5.97. The van der Waals surface area contributed by atoms with Crippen LogP contribution in [0.4, 0.5) is 4.79 Å². The number of hydrogen-bond donors (Lipinski definition) is 3. The van der Waals surface area contributed by atoms with Crippen LogP contribution in [-0.4, -0.2) is 56.2 Å². The molecule has 0 unspecified atom stereocenters. The lowest BCUT2D eigenvalue weighted by Gasteiger charge is -2.12. The number of nitrogens with one attached hydrogen (secondary N) is 2. The summed E-state index contributed by atoms with van der Waals surface area (Å²) in [5.74, 6) is -0.0741. The lowest BCUT2D eigenvalue weighted by atomic mass is 10.1. The first-order valence-corrected chi connectivity index (χ1v) is 6.06. The number of hydrogen-bond acceptors (Lipinski definition) is 4. The van der Waals surface area contributed by atoms with Crippen molar-refractivity contribution in [2.75, 3.05) is 34.3 Å². The van der Waals surface area contributed by atoms with Gasteiger partial charge in [0, 0.05) is 27.2 Å². The molecule has 0 aliphatic carbocycles. The van der Waals surface area contributed by atoms with E-state index in [1.165, 1.54) is 24.1 Å². The van der Waals surface area contributed by atoms with Crippen molar-refractivity contribution in [3.05, 3.63) is 23.8 Å². The summed E-state index contributed by atoms with van der Waals surface area (Å²) in [4.78, 5) is 24.5. The van der Waals surface area contributed by atoms with Crippen molar-refractivity contribution < 1.29 is 19.4 Å². The van der Waals surface area contributed by atoms with Crippen LogP contribution in [0.1, 0.15) is 10.4 Å². The van der Waals surface area contributed by atoms with Gasteiger partial charge in [-0.1, -0.05) is 0 Å². The molecule has 3 N–H and O–H groups in total. The van der Waals surface area contributed by atoms with Gasteiger partial charge in [0.2, 0.25) is 0 Å². The molecule has 20 heavy (non-hydrogen) atoms. The van der Waals surface area contributed by atoms with Gasteiger partial charge in [0.05, 0.1) is 12.7 Å². The van der Waals surface area contributed by atoms with E-state index in [-0.39, 0.29) is 23.9 Å². The van der Waals surface area contributed by atoms with Crippen molar-refractivity contribution >= 4 is 11.9 Å². The van der Waals surface area contributed by atoms with Gasteiger partial charge in [0.25, 0.3) is 5.91 Å². The molecule has 3 amide bonds. The summed E-state index contributed by atoms with van der Waals surface area (Å²) in [7, 11) is 4.73. The van der Waals surface area contributed by atoms with Crippen LogP contribution < -0.4 is 15.4 Å². The number of methoxy groups -OCH3 is 1. The molecule has 0 spiro atoms. The minimum absolute atomic E-state index is 0.124. The predicted molar refractivity (Wildman–Crippen MR) is 74.1 cm³/mol. The topological polar surface area (TPSA) is 90.9 Å². The molecule has 1 rings (SSSR count). The maximum atomic E-state index is 11.9. The van der Waals surface area contributed by atoms with E-state index in [1.807, 2.05) is 0 Å². The number of ether oxygens (including phenoxy) is 1. The van der Waals surface area contributed by atoms with Crippen LogP contribution in [0, 0.1) is 0 Å². The first-order chi connectivity index (χ1) is 9.45. The van der Waals surface area contributed by atoms with Crippen LogP contribution in [0.3, 0.4) is 0 Å². The molecule has 0 atom stereocenters. The fraction of sp³-hybridized carbons (Fsp3) is 0.385. The molecule has 0 radical (unpaired) electrons. The highest BCUT2D eigenvalue weighted by atomic mass is 16.5. The zero-order chi connectivity index (χ0) is 15.1. The van der Waals surface area contributed by atoms with Crippen LogP contribution >= 0.6 is 0 Å². The number of amides is 3. The smallest absolute Gasteiger partial charge is 0.316 e. The van der Waals surface area contributed by atoms with Gasteiger partial charge in [0.1, 0.15) is 11.5 Å². The lowest BCUT2D eigenvalue weighted by Crippen LogP contribution is -2.39. The van der Waals surface area contributed by atoms with E-state index in [0.717, 1.165) is 0 Å². The van der Waals surface area contributed by atoms with Crippen molar-refractivity contribution in [1.82, 2.24) is 15.5 Å². The van der Waals surface area contributed by atoms with Crippen LogP contribution in [0.25, 0.3) is 0 Å². The van der Waals surface area contributed by atoms with Crippen molar-refractivity contribution in [3.63, 3.8) is 0 Å². The number of urea groups is 1. The molecule has 0 bridgehead atoms. The summed E-state index contributed by atoms with van der Waals surface area (Å²) in [6.45, 7) is 0.558. The van der Waals surface area contributed by atoms with Gasteiger partial charge < -0.3 is 25.4 Å². The highest BCUT2D eigenvalue weighted by Crippen LogP contribution is 2.22. The molecule has 1 aromatic rings. The molecular formula is C13H19N3O4. The lowest BCUT2D eigenvalue weighted by molar-refractivity contribution is 0.0950. The number of phenols is 1. The zero-order valence-corrected chi connectivity index (χ0v) is 11.8. The normalized spacial score (nSPS) is 9.75. The number of nitrogens with zero attached hydrogens (tertiary/aromatic N) is 1. The van der Waals surface area contributed by atoms with Crippen molar-refractivity contribution in [3.8, 4) is 11.5 Å². The van der Waals surface area contributed by atoms with Gasteiger partial charge in [-0.15, -0.1) is 0 Å². The highest BCUT2D eigenvalue weighted by Gasteiger charge is 2.12. The predicted octanol–water partition coefficient (Wildman–Crippen LogP) is 0.402. The molecule has 0 saturated carbocycles. The standard InChI is InChI=1S/C13H19N3O4/c1-16(2)13(19)15-7-6-14-12(18)10-8-9(20-3)4-5-11(10)17/h4-5,8,17H,6-7H2,1-3H3,(H,14,18)(H,15,19). The first-order valence-electron chi connectivity index (χ1n) is 6.06. The largest absolute Gasteiger partial charge is 0.507 e. The Bertz CT molecular complexity index is 489. The quantitative estimate of drug-likeness (QED) is 0.681. The molecule has 0 heterocycles. The van der Waals surface area contributed by atoms with E-state index in [0.29, 0.717) is 12.3 Å². The monoisotopic (exact) mass is 281 g/mol. The summed E-state index contributed by atoms with van der Waals surface area (Å²) in [6.07, 6.45) is 0. The molecule has 7 nitrogen and oxygen atoms in total. The van der Waals surface area contributed by atoms with Gasteiger partial charge >= 0.3 is 6.03 Å². The van der Waals surface area contributed by atoms with E-state index in [4.69, 9.17) is 4.74 Å². The Labute approximate surface area is 117 Å². The Hall–Kier alpha value is -2.44. The maximum Gasteiger partial charge on any atom is 0.316 e. The SMILES string of the molecule is COc1ccc(O)c(C(=O)NCCNC(=O)N(C)C)c1. The fourth-order valence-corrected chi connectivity index (χ4v) is 1.42. The van der Waals surface area contributed by atoms with E-state index >= 15 is 0 Å². The Balaban J connectivity index is 2.49. The third-order valence-corrected chi connectivity index (χ3v) is 2.54. The summed E-state index contributed by atoms with van der Waals surface area (Å²) in [6, 6.07) is 4.16. The van der Waals surface area contributed by atoms with Crippen molar-refractivity contribution in [2.24, 2.45) is 0 Å². The maximum absolute atomic E-state index is 11.9. The molecular weight excluding hydrogens is 262 g/mol. The number of rotatable bonds is 5. The second-order valence-electron chi connectivity index (χ2n) is 4.27. The number of benzene rings is 1. The van der Waals surface area contributed by atoms with Crippen molar-refractivity contribution in [1.29, 1.82) is 0 Å². The number of carbonyl (C=O) groups is 2. The third-order valence-electron chi connectivity index (χ3n) is 2.54. The molecule has 0 fully saturated rings. The summed E-state index contributed by atoms with van der Waals surface area (Å²) < 4.78 is 4.99. The molecule has 110 valence electrons. The summed E-state index contributed by atoms with van der Waals surface area (Å²) in [5.41, 5.74) is 0.128. The third kappa shape index (κ3) is 4.34. The van der Waals surface area contributed by atoms with Crippen LogP contribution in [0.5, 0.6) is 11.5 Å². The van der Waals surface area contributed by atoms with Crippen molar-refractivity contribution in [2.45, 2.75) is 0 Å². The molecule has 0 aliphatic rings. The van der Waals surface area contributed by atoms with Gasteiger partial charge in [0.15, 0.2) is 0 Å². The minimum Gasteiger partial charge on any atom is -0.507 e. The molecule has 0 saturated heterocycles. The second kappa shape index (κ2) is 7.22. The average molecular weight is 281 g/mol. The number of aromatic hydroxyl groups is 1. The van der Waals surface area contributed by atoms with Gasteiger partial charge in [-0.05, 0) is 18.2 Å². The van der Waals surface area contributed by atoms with Gasteiger partial charge in [-0.3, -0.25) is 4.79 Å². The summed E-state index contributed by atoms with van der Waals surface area (Å²) in [5, 5.41) is 14.8. The van der Waals surface area contributed by atoms with Gasteiger partial charge in [-0.25, -0.2) is 4.79 Å². The zero-order valence-electron chi connectivity index (χ0n) is 11.8. The van der Waals surface area contributed by atoms with E-state index in [1.54, 1.807) is 20.2 Å². The molecule has 1 aromatic carbocycles. The van der Waals surface area contributed by atoms with Crippen LogP contribution in [0.2, 0.25) is 0 Å². The second-order valence-corrected chi connectivity index (χ2v) is 4.27. The minimum atomic E-state index is -0.430. The molecule has 0 aliphatic heterocycles. The summed E-state index contributed by atoms with van der Waals surface area (Å²) >= 11 is 0. The number of carbonyl (C=O) groups excluding carboxylic acids is 2. The Morgan fingerprint density at radius 1 is 1.25 bits per heavy atom. The Kier molecular flexibility index (Phi) is 5.64. The molecule has 0 aromatic heterocycles. The van der Waals surface area contributed by atoms with Gasteiger partial charge in [-0.2, -0.15) is 0 Å². The average Bonchev–Trinajstić information content (AvgIpc) is 2.43. The number of phenolic OH excluding ortho intramolecular Hbond substituents is 1. The Morgan fingerprint density at radius 2 is 1.90 bits per heavy atom. The molecule has 7 heteroatoms. The first kappa shape index (κ1) is 15.6. The van der Waals surface area contributed by atoms with Crippen LogP contribution in [0.15, 0.2) is 18.2 Å². The van der Waals surface area contributed by atoms with Crippen LogP contribution in [-0.2, 0) is 0 Å².